The number of nitrogens with zero attached hydrogens (tertiary/aromatic N) is 2. The minimum atomic E-state index is -0.926. The summed E-state index contributed by atoms with van der Waals surface area (Å²) in [5.74, 6) is -0.926. The van der Waals surface area contributed by atoms with Gasteiger partial charge in [0, 0.05) is 5.69 Å². The van der Waals surface area contributed by atoms with Gasteiger partial charge in [-0.3, -0.25) is 4.79 Å². The van der Waals surface area contributed by atoms with E-state index in [1.165, 1.54) is 0 Å². The minimum absolute atomic E-state index is 0.470. The smallest absolute Gasteiger partial charge is 0.321 e. The van der Waals surface area contributed by atoms with Crippen LogP contribution in [0.5, 0.6) is 0 Å². The lowest BCUT2D eigenvalue weighted by Crippen LogP contribution is -2.11. The van der Waals surface area contributed by atoms with E-state index >= 15 is 0 Å². The van der Waals surface area contributed by atoms with E-state index in [2.05, 4.69) is 11.1 Å². The maximum atomic E-state index is 11.7. The monoisotopic (exact) mass is 324 g/mol. The van der Waals surface area contributed by atoms with Crippen LogP contribution in [0.15, 0.2) is 41.4 Å². The van der Waals surface area contributed by atoms with E-state index in [9.17, 15) is 15.2 Å². The first-order chi connectivity index (χ1) is 11.2. The van der Waals surface area contributed by atoms with Crippen LogP contribution < -0.4 is 0 Å². The predicted molar refractivity (Wildman–Crippen MR) is 88.3 cm³/mol. The molecule has 4 nitrogen and oxygen atoms in total. The summed E-state index contributed by atoms with van der Waals surface area (Å²) < 4.78 is 0. The van der Waals surface area contributed by atoms with Crippen molar-refractivity contribution in [2.45, 2.75) is 36.0 Å². The molecular formula is C18H16N2O2S. The van der Waals surface area contributed by atoms with Crippen LogP contribution in [0.4, 0.5) is 0 Å². The molecular weight excluding hydrogens is 308 g/mol. The van der Waals surface area contributed by atoms with Crippen LogP contribution >= 0.6 is 11.8 Å². The SMILES string of the molecule is N#Cc1cc2c(nc1S[C@H](C(=O)O)c1ccccc1)CCCC2. The second-order valence-electron chi connectivity index (χ2n) is 5.51. The van der Waals surface area contributed by atoms with Gasteiger partial charge in [0.15, 0.2) is 0 Å². The van der Waals surface area contributed by atoms with Gasteiger partial charge in [0.05, 0.1) is 5.56 Å². The zero-order chi connectivity index (χ0) is 16.2. The van der Waals surface area contributed by atoms with Crippen LogP contribution in [0.2, 0.25) is 0 Å². The second kappa shape index (κ2) is 6.84. The summed E-state index contributed by atoms with van der Waals surface area (Å²) in [6, 6.07) is 13.1. The van der Waals surface area contributed by atoms with E-state index < -0.39 is 11.2 Å². The fourth-order valence-electron chi connectivity index (χ4n) is 2.79. The molecule has 0 saturated heterocycles. The van der Waals surface area contributed by atoms with Crippen molar-refractivity contribution in [3.05, 3.63) is 58.8 Å². The number of hydrogen-bond acceptors (Lipinski definition) is 4. The molecule has 0 spiro atoms. The molecule has 0 bridgehead atoms. The van der Waals surface area contributed by atoms with Crippen LogP contribution in [-0.4, -0.2) is 16.1 Å². The number of fused-ring (bicyclic) bond motifs is 1. The number of rotatable bonds is 4. The highest BCUT2D eigenvalue weighted by atomic mass is 32.2. The van der Waals surface area contributed by atoms with Crippen molar-refractivity contribution in [3.8, 4) is 6.07 Å². The first-order valence-corrected chi connectivity index (χ1v) is 8.44. The van der Waals surface area contributed by atoms with E-state index in [4.69, 9.17) is 0 Å². The Kier molecular flexibility index (Phi) is 4.63. The summed E-state index contributed by atoms with van der Waals surface area (Å²) in [4.78, 5) is 16.3. The number of benzene rings is 1. The highest BCUT2D eigenvalue weighted by Crippen LogP contribution is 2.37. The van der Waals surface area contributed by atoms with Crippen molar-refractivity contribution in [1.29, 1.82) is 5.26 Å². The standard InChI is InChI=1S/C18H16N2O2S/c19-11-14-10-13-8-4-5-9-15(13)20-17(14)23-16(18(21)22)12-6-2-1-3-7-12/h1-3,6-7,10,16H,4-5,8-9H2,(H,21,22)/t16-/m0/s1. The van der Waals surface area contributed by atoms with Gasteiger partial charge < -0.3 is 5.11 Å². The number of thioether (sulfide) groups is 1. The molecule has 2 aromatic rings. The molecule has 1 N–H and O–H groups in total. The van der Waals surface area contributed by atoms with Crippen LogP contribution in [0.25, 0.3) is 0 Å². The molecule has 0 fully saturated rings. The average molecular weight is 324 g/mol. The van der Waals surface area contributed by atoms with Gasteiger partial charge in [0.2, 0.25) is 0 Å². The van der Waals surface area contributed by atoms with E-state index in [0.29, 0.717) is 16.2 Å². The molecule has 1 aromatic heterocycles. The van der Waals surface area contributed by atoms with Gasteiger partial charge in [-0.15, -0.1) is 0 Å². The van der Waals surface area contributed by atoms with Crippen LogP contribution in [-0.2, 0) is 17.6 Å². The summed E-state index contributed by atoms with van der Waals surface area (Å²) in [5.41, 5.74) is 3.31. The zero-order valence-corrected chi connectivity index (χ0v) is 13.3. The molecule has 1 heterocycles. The Labute approximate surface area is 139 Å². The molecule has 0 aliphatic heterocycles. The Bertz CT molecular complexity index is 769. The highest BCUT2D eigenvalue weighted by molar-refractivity contribution is 8.00. The Balaban J connectivity index is 1.97. The molecule has 5 heteroatoms. The first kappa shape index (κ1) is 15.6. The fourth-order valence-corrected chi connectivity index (χ4v) is 3.80. The molecule has 1 aliphatic rings. The number of nitriles is 1. The van der Waals surface area contributed by atoms with Crippen molar-refractivity contribution in [2.75, 3.05) is 0 Å². The number of aliphatic carboxylic acids is 1. The van der Waals surface area contributed by atoms with Crippen molar-refractivity contribution in [2.24, 2.45) is 0 Å². The minimum Gasteiger partial charge on any atom is -0.480 e. The summed E-state index contributed by atoms with van der Waals surface area (Å²) in [6.07, 6.45) is 4.06. The zero-order valence-electron chi connectivity index (χ0n) is 12.5. The van der Waals surface area contributed by atoms with Gasteiger partial charge >= 0.3 is 5.97 Å². The number of hydrogen-bond donors (Lipinski definition) is 1. The van der Waals surface area contributed by atoms with Crippen molar-refractivity contribution in [1.82, 2.24) is 4.98 Å². The van der Waals surface area contributed by atoms with Gasteiger partial charge in [-0.1, -0.05) is 42.1 Å². The van der Waals surface area contributed by atoms with Crippen molar-refractivity contribution in [3.63, 3.8) is 0 Å². The molecule has 1 aliphatic carbocycles. The fraction of sp³-hybridized carbons (Fsp3) is 0.278. The number of pyridine rings is 1. The molecule has 1 atom stereocenters. The predicted octanol–water partition coefficient (Wildman–Crippen LogP) is 3.75. The molecule has 0 unspecified atom stereocenters. The number of carboxylic acid groups (broad SMARTS) is 1. The summed E-state index contributed by atoms with van der Waals surface area (Å²) >= 11 is 1.14. The Morgan fingerprint density at radius 1 is 1.26 bits per heavy atom. The van der Waals surface area contributed by atoms with Gasteiger partial charge in [0.1, 0.15) is 16.3 Å². The Hall–Kier alpha value is -2.32. The Morgan fingerprint density at radius 2 is 2.00 bits per heavy atom. The summed E-state index contributed by atoms with van der Waals surface area (Å²) in [5, 5.41) is 18.7. The van der Waals surface area contributed by atoms with Crippen molar-refractivity contribution < 1.29 is 9.90 Å². The number of aromatic nitrogens is 1. The van der Waals surface area contributed by atoms with E-state index in [-0.39, 0.29) is 0 Å². The summed E-state index contributed by atoms with van der Waals surface area (Å²) in [6.45, 7) is 0. The Morgan fingerprint density at radius 3 is 2.70 bits per heavy atom. The van der Waals surface area contributed by atoms with E-state index in [1.54, 1.807) is 12.1 Å². The van der Waals surface area contributed by atoms with Gasteiger partial charge in [-0.05, 0) is 42.9 Å². The third-order valence-corrected chi connectivity index (χ3v) is 5.19. The molecule has 3 rings (SSSR count). The van der Waals surface area contributed by atoms with E-state index in [1.807, 2.05) is 24.3 Å². The summed E-state index contributed by atoms with van der Waals surface area (Å²) in [7, 11) is 0. The number of carbonyl (C=O) groups is 1. The normalized spacial score (nSPS) is 14.6. The maximum absolute atomic E-state index is 11.7. The van der Waals surface area contributed by atoms with Gasteiger partial charge in [-0.25, -0.2) is 4.98 Å². The number of carboxylic acids is 1. The third kappa shape index (κ3) is 3.38. The lowest BCUT2D eigenvalue weighted by Gasteiger charge is -2.18. The van der Waals surface area contributed by atoms with Gasteiger partial charge in [0.25, 0.3) is 0 Å². The van der Waals surface area contributed by atoms with Gasteiger partial charge in [-0.2, -0.15) is 5.26 Å². The van der Waals surface area contributed by atoms with Crippen LogP contribution in [0.3, 0.4) is 0 Å². The molecule has 23 heavy (non-hydrogen) atoms. The quantitative estimate of drug-likeness (QED) is 0.867. The molecule has 0 saturated carbocycles. The lowest BCUT2D eigenvalue weighted by atomic mass is 9.95. The van der Waals surface area contributed by atoms with Crippen molar-refractivity contribution >= 4 is 17.7 Å². The largest absolute Gasteiger partial charge is 0.480 e. The average Bonchev–Trinajstić information content (AvgIpc) is 2.59. The lowest BCUT2D eigenvalue weighted by molar-refractivity contribution is -0.136. The third-order valence-electron chi connectivity index (χ3n) is 3.94. The second-order valence-corrected chi connectivity index (χ2v) is 6.61. The topological polar surface area (TPSA) is 74.0 Å². The molecule has 0 radical (unpaired) electrons. The van der Waals surface area contributed by atoms with Crippen LogP contribution in [0, 0.1) is 11.3 Å². The maximum Gasteiger partial charge on any atom is 0.321 e. The molecule has 1 aromatic carbocycles. The van der Waals surface area contributed by atoms with E-state index in [0.717, 1.165) is 48.7 Å². The molecule has 0 amide bonds. The van der Waals surface area contributed by atoms with Crippen LogP contribution in [0.1, 0.15) is 40.5 Å². The number of aryl methyl sites for hydroxylation is 2. The molecule has 116 valence electrons. The first-order valence-electron chi connectivity index (χ1n) is 7.56. The highest BCUT2D eigenvalue weighted by Gasteiger charge is 2.24.